The second-order valence-electron chi connectivity index (χ2n) is 5.32. The Morgan fingerprint density at radius 2 is 1.79 bits per heavy atom. The molecule has 2 aromatic carbocycles. The number of ether oxygens (including phenoxy) is 2. The molecule has 1 amide bonds. The highest BCUT2D eigenvalue weighted by Crippen LogP contribution is 2.23. The van der Waals surface area contributed by atoms with Crippen LogP contribution in [-0.2, 0) is 0 Å². The van der Waals surface area contributed by atoms with Crippen molar-refractivity contribution >= 4 is 5.91 Å². The van der Waals surface area contributed by atoms with Gasteiger partial charge in [0.15, 0.2) is 11.6 Å². The van der Waals surface area contributed by atoms with Crippen molar-refractivity contribution in [2.45, 2.75) is 19.8 Å². The second kappa shape index (κ2) is 8.29. The molecule has 0 bridgehead atoms. The maximum absolute atomic E-state index is 13.9. The van der Waals surface area contributed by atoms with Crippen molar-refractivity contribution < 1.29 is 23.0 Å². The van der Waals surface area contributed by atoms with Gasteiger partial charge in [0.05, 0.1) is 13.2 Å². The number of benzene rings is 2. The summed E-state index contributed by atoms with van der Waals surface area (Å²) in [6, 6.07) is 9.82. The molecule has 0 unspecified atom stereocenters. The minimum atomic E-state index is -1.16. The molecule has 2 aromatic rings. The Bertz CT molecular complexity index is 719. The number of primary amides is 1. The highest BCUT2D eigenvalue weighted by molar-refractivity contribution is 5.93. The molecule has 0 radical (unpaired) electrons. The lowest BCUT2D eigenvalue weighted by Gasteiger charge is -2.10. The van der Waals surface area contributed by atoms with Crippen LogP contribution in [-0.4, -0.2) is 19.1 Å². The lowest BCUT2D eigenvalue weighted by atomic mass is 10.1. The summed E-state index contributed by atoms with van der Waals surface area (Å²) in [5, 5.41) is 0. The van der Waals surface area contributed by atoms with Gasteiger partial charge in [-0.05, 0) is 49.6 Å². The largest absolute Gasteiger partial charge is 0.494 e. The van der Waals surface area contributed by atoms with Gasteiger partial charge < -0.3 is 15.2 Å². The van der Waals surface area contributed by atoms with Gasteiger partial charge >= 0.3 is 0 Å². The number of hydrogen-bond donors (Lipinski definition) is 1. The first-order valence-corrected chi connectivity index (χ1v) is 7.59. The Labute approximate surface area is 139 Å². The highest BCUT2D eigenvalue weighted by Gasteiger charge is 2.19. The Hall–Kier alpha value is -2.63. The van der Waals surface area contributed by atoms with E-state index in [4.69, 9.17) is 15.2 Å². The molecule has 6 heteroatoms. The average Bonchev–Trinajstić information content (AvgIpc) is 2.52. The molecule has 128 valence electrons. The van der Waals surface area contributed by atoms with Gasteiger partial charge in [0, 0.05) is 0 Å². The second-order valence-corrected chi connectivity index (χ2v) is 5.32. The van der Waals surface area contributed by atoms with Crippen LogP contribution in [0.4, 0.5) is 8.78 Å². The van der Waals surface area contributed by atoms with Gasteiger partial charge in [0.2, 0.25) is 0 Å². The van der Waals surface area contributed by atoms with E-state index in [1.165, 1.54) is 0 Å². The zero-order valence-electron chi connectivity index (χ0n) is 13.4. The Kier molecular flexibility index (Phi) is 6.12. The fourth-order valence-electron chi connectivity index (χ4n) is 2.15. The summed E-state index contributed by atoms with van der Waals surface area (Å²) < 4.78 is 38.1. The van der Waals surface area contributed by atoms with E-state index >= 15 is 0 Å². The number of amides is 1. The van der Waals surface area contributed by atoms with Crippen molar-refractivity contribution in [3.8, 4) is 11.5 Å². The Morgan fingerprint density at radius 3 is 2.46 bits per heavy atom. The van der Waals surface area contributed by atoms with E-state index in [-0.39, 0.29) is 12.4 Å². The molecule has 2 N–H and O–H groups in total. The fourth-order valence-corrected chi connectivity index (χ4v) is 2.15. The van der Waals surface area contributed by atoms with Crippen molar-refractivity contribution in [2.75, 3.05) is 13.2 Å². The van der Waals surface area contributed by atoms with E-state index in [0.29, 0.717) is 19.4 Å². The minimum absolute atomic E-state index is 0.190. The summed E-state index contributed by atoms with van der Waals surface area (Å²) in [5.41, 5.74) is 5.29. The molecule has 0 spiro atoms. The first-order valence-electron chi connectivity index (χ1n) is 7.59. The first kappa shape index (κ1) is 17.7. The van der Waals surface area contributed by atoms with Crippen LogP contribution >= 0.6 is 0 Å². The van der Waals surface area contributed by atoms with Crippen molar-refractivity contribution in [2.24, 2.45) is 5.73 Å². The molecule has 0 atom stereocenters. The molecule has 0 aliphatic heterocycles. The van der Waals surface area contributed by atoms with E-state index in [9.17, 15) is 13.6 Å². The van der Waals surface area contributed by atoms with Gasteiger partial charge in [-0.2, -0.15) is 0 Å². The summed E-state index contributed by atoms with van der Waals surface area (Å²) in [5.74, 6) is -2.63. The van der Waals surface area contributed by atoms with Crippen LogP contribution in [0.2, 0.25) is 0 Å². The molecule has 0 aliphatic rings. The Balaban J connectivity index is 1.77. The monoisotopic (exact) mass is 335 g/mol. The lowest BCUT2D eigenvalue weighted by Crippen LogP contribution is -2.16. The summed E-state index contributed by atoms with van der Waals surface area (Å²) in [4.78, 5) is 11.0. The summed E-state index contributed by atoms with van der Waals surface area (Å²) >= 11 is 0. The van der Waals surface area contributed by atoms with E-state index < -0.39 is 23.1 Å². The van der Waals surface area contributed by atoms with E-state index in [0.717, 1.165) is 23.4 Å². The molecule has 0 aromatic heterocycles. The number of rotatable bonds is 8. The third kappa shape index (κ3) is 4.68. The van der Waals surface area contributed by atoms with E-state index in [1.54, 1.807) is 0 Å². The third-order valence-electron chi connectivity index (χ3n) is 3.36. The molecule has 2 rings (SSSR count). The predicted molar refractivity (Wildman–Crippen MR) is 86.3 cm³/mol. The van der Waals surface area contributed by atoms with Crippen LogP contribution in [0.1, 0.15) is 28.8 Å². The summed E-state index contributed by atoms with van der Waals surface area (Å²) in [6.07, 6.45) is 1.33. The normalized spacial score (nSPS) is 10.5. The number of halogens is 2. The van der Waals surface area contributed by atoms with Gasteiger partial charge in [-0.15, -0.1) is 0 Å². The SMILES string of the molecule is Cc1cccc(OCCCCOc2ccc(F)c(C(N)=O)c2F)c1. The summed E-state index contributed by atoms with van der Waals surface area (Å²) in [6.45, 7) is 2.71. The molecular formula is C18H19F2NO3. The van der Waals surface area contributed by atoms with E-state index in [1.807, 2.05) is 31.2 Å². The molecular weight excluding hydrogens is 316 g/mol. The highest BCUT2D eigenvalue weighted by atomic mass is 19.1. The molecule has 0 saturated heterocycles. The standard InChI is InChI=1S/C18H19F2NO3/c1-12-5-4-6-13(11-12)23-9-2-3-10-24-15-8-7-14(19)16(17(15)20)18(21)22/h4-8,11H,2-3,9-10H2,1H3,(H2,21,22). The van der Waals surface area contributed by atoms with E-state index in [2.05, 4.69) is 0 Å². The Morgan fingerprint density at radius 1 is 1.08 bits per heavy atom. The predicted octanol–water partition coefficient (Wildman–Crippen LogP) is 3.61. The van der Waals surface area contributed by atoms with Crippen LogP contribution in [0, 0.1) is 18.6 Å². The zero-order chi connectivity index (χ0) is 17.5. The van der Waals surface area contributed by atoms with Gasteiger partial charge in [0.1, 0.15) is 17.1 Å². The minimum Gasteiger partial charge on any atom is -0.494 e. The number of aryl methyl sites for hydroxylation is 1. The lowest BCUT2D eigenvalue weighted by molar-refractivity contribution is 0.0991. The molecule has 0 fully saturated rings. The molecule has 0 heterocycles. The third-order valence-corrected chi connectivity index (χ3v) is 3.36. The molecule has 0 aliphatic carbocycles. The molecule has 24 heavy (non-hydrogen) atoms. The number of carbonyl (C=O) groups excluding carboxylic acids is 1. The van der Waals surface area contributed by atoms with Gasteiger partial charge in [-0.3, -0.25) is 4.79 Å². The number of nitrogens with two attached hydrogens (primary N) is 1. The van der Waals surface area contributed by atoms with Gasteiger partial charge in [0.25, 0.3) is 5.91 Å². The number of hydrogen-bond acceptors (Lipinski definition) is 3. The molecule has 0 saturated carbocycles. The van der Waals surface area contributed by atoms with Crippen molar-refractivity contribution in [3.63, 3.8) is 0 Å². The maximum atomic E-state index is 13.9. The van der Waals surface area contributed by atoms with Crippen LogP contribution in [0.25, 0.3) is 0 Å². The van der Waals surface area contributed by atoms with Crippen molar-refractivity contribution in [3.05, 3.63) is 59.2 Å². The van der Waals surface area contributed by atoms with Crippen LogP contribution in [0.3, 0.4) is 0 Å². The first-order chi connectivity index (χ1) is 11.5. The van der Waals surface area contributed by atoms with Crippen molar-refractivity contribution in [1.29, 1.82) is 0 Å². The van der Waals surface area contributed by atoms with Crippen LogP contribution < -0.4 is 15.2 Å². The average molecular weight is 335 g/mol. The van der Waals surface area contributed by atoms with Crippen LogP contribution in [0.15, 0.2) is 36.4 Å². The van der Waals surface area contributed by atoms with Gasteiger partial charge in [-0.25, -0.2) is 8.78 Å². The summed E-state index contributed by atoms with van der Waals surface area (Å²) in [7, 11) is 0. The quantitative estimate of drug-likeness (QED) is 0.750. The number of unbranched alkanes of at least 4 members (excludes halogenated alkanes) is 1. The zero-order valence-corrected chi connectivity index (χ0v) is 13.4. The molecule has 4 nitrogen and oxygen atoms in total. The number of carbonyl (C=O) groups is 1. The topological polar surface area (TPSA) is 61.6 Å². The fraction of sp³-hybridized carbons (Fsp3) is 0.278. The van der Waals surface area contributed by atoms with Crippen molar-refractivity contribution in [1.82, 2.24) is 0 Å². The van der Waals surface area contributed by atoms with Crippen LogP contribution in [0.5, 0.6) is 11.5 Å². The maximum Gasteiger partial charge on any atom is 0.254 e. The smallest absolute Gasteiger partial charge is 0.254 e. The van der Waals surface area contributed by atoms with Gasteiger partial charge in [-0.1, -0.05) is 12.1 Å².